The van der Waals surface area contributed by atoms with Crippen LogP contribution in [0.3, 0.4) is 0 Å². The number of aryl methyl sites for hydroxylation is 1. The van der Waals surface area contributed by atoms with E-state index in [0.717, 1.165) is 5.69 Å². The highest BCUT2D eigenvalue weighted by Crippen LogP contribution is 2.53. The predicted octanol–water partition coefficient (Wildman–Crippen LogP) is 2.01. The summed E-state index contributed by atoms with van der Waals surface area (Å²) in [5.74, 6) is 0. The van der Waals surface area contributed by atoms with E-state index in [-0.39, 0.29) is 0 Å². The lowest BCUT2D eigenvalue weighted by molar-refractivity contribution is -0.0775. The van der Waals surface area contributed by atoms with Crippen molar-refractivity contribution in [3.8, 4) is 0 Å². The normalized spacial score (nSPS) is 23.2. The molecule has 1 saturated heterocycles. The van der Waals surface area contributed by atoms with Gasteiger partial charge >= 0.3 is 0 Å². The lowest BCUT2D eigenvalue weighted by Crippen LogP contribution is -2.60. The Labute approximate surface area is 107 Å². The molecule has 2 aromatic rings. The van der Waals surface area contributed by atoms with Crippen LogP contribution in [0.2, 0.25) is 0 Å². The average Bonchev–Trinajstić information content (AvgIpc) is 2.60. The van der Waals surface area contributed by atoms with E-state index in [1.807, 2.05) is 12.4 Å². The van der Waals surface area contributed by atoms with Crippen molar-refractivity contribution in [1.29, 1.82) is 0 Å². The Hall–Kier alpha value is -1.42. The number of nitrogens with zero attached hydrogens (tertiary/aromatic N) is 4. The average molecular weight is 242 g/mol. The minimum Gasteiger partial charge on any atom is -0.305 e. The number of fused-ring (bicyclic) bond motifs is 1. The second-order valence-electron chi connectivity index (χ2n) is 6.16. The van der Waals surface area contributed by atoms with Crippen molar-refractivity contribution in [2.75, 3.05) is 20.1 Å². The summed E-state index contributed by atoms with van der Waals surface area (Å²) in [6.45, 7) is 4.61. The van der Waals surface area contributed by atoms with Crippen LogP contribution in [-0.4, -0.2) is 39.8 Å². The van der Waals surface area contributed by atoms with Crippen LogP contribution in [0.25, 0.3) is 10.9 Å². The first-order chi connectivity index (χ1) is 8.67. The molecule has 94 valence electrons. The van der Waals surface area contributed by atoms with Crippen LogP contribution in [0.15, 0.2) is 18.5 Å². The first-order valence-electron chi connectivity index (χ1n) is 6.64. The van der Waals surface area contributed by atoms with E-state index in [1.54, 1.807) is 0 Å². The highest BCUT2D eigenvalue weighted by Gasteiger charge is 2.52. The molecule has 0 radical (unpaired) electrons. The summed E-state index contributed by atoms with van der Waals surface area (Å²) in [4.78, 5) is 6.61. The molecule has 4 heteroatoms. The number of hydrogen-bond acceptors (Lipinski definition) is 3. The van der Waals surface area contributed by atoms with Gasteiger partial charge in [0.05, 0.1) is 17.3 Å². The molecule has 0 bridgehead atoms. The molecule has 4 rings (SSSR count). The van der Waals surface area contributed by atoms with Gasteiger partial charge in [0.1, 0.15) is 0 Å². The molecule has 4 nitrogen and oxygen atoms in total. The quantitative estimate of drug-likeness (QED) is 0.767. The van der Waals surface area contributed by atoms with Gasteiger partial charge in [-0.2, -0.15) is 5.10 Å². The Morgan fingerprint density at radius 1 is 1.33 bits per heavy atom. The third kappa shape index (κ3) is 1.29. The topological polar surface area (TPSA) is 34.0 Å². The Morgan fingerprint density at radius 3 is 2.83 bits per heavy atom. The molecule has 2 fully saturated rings. The molecule has 0 N–H and O–H groups in total. The summed E-state index contributed by atoms with van der Waals surface area (Å²) in [5.41, 5.74) is 2.96. The van der Waals surface area contributed by atoms with Gasteiger partial charge in [-0.3, -0.25) is 9.67 Å². The second-order valence-corrected chi connectivity index (χ2v) is 6.16. The lowest BCUT2D eigenvalue weighted by Gasteiger charge is -2.58. The monoisotopic (exact) mass is 242 g/mol. The third-order valence-electron chi connectivity index (χ3n) is 4.59. The molecular weight excluding hydrogens is 224 g/mol. The van der Waals surface area contributed by atoms with E-state index < -0.39 is 0 Å². The maximum absolute atomic E-state index is 4.72. The fourth-order valence-electron chi connectivity index (χ4n) is 3.88. The zero-order valence-electron chi connectivity index (χ0n) is 10.9. The maximum atomic E-state index is 4.72. The van der Waals surface area contributed by atoms with E-state index in [0.29, 0.717) is 11.5 Å². The molecule has 0 unspecified atom stereocenters. The van der Waals surface area contributed by atoms with Gasteiger partial charge in [0, 0.05) is 30.9 Å². The SMILES string of the molecule is Cc1nn(C2CC3(C2)CN(C)C3)c2ccncc12. The van der Waals surface area contributed by atoms with Crippen LogP contribution in [0, 0.1) is 12.3 Å². The van der Waals surface area contributed by atoms with Crippen molar-refractivity contribution in [2.45, 2.75) is 25.8 Å². The van der Waals surface area contributed by atoms with E-state index in [2.05, 4.69) is 34.6 Å². The minimum atomic E-state index is 0.595. The van der Waals surface area contributed by atoms with Crippen molar-refractivity contribution in [3.05, 3.63) is 24.2 Å². The van der Waals surface area contributed by atoms with Crippen LogP contribution >= 0.6 is 0 Å². The van der Waals surface area contributed by atoms with Crippen molar-refractivity contribution >= 4 is 10.9 Å². The molecule has 2 aromatic heterocycles. The van der Waals surface area contributed by atoms with E-state index >= 15 is 0 Å². The Bertz CT molecular complexity index is 601. The van der Waals surface area contributed by atoms with Gasteiger partial charge < -0.3 is 4.90 Å². The van der Waals surface area contributed by atoms with Crippen LogP contribution in [0.1, 0.15) is 24.6 Å². The molecule has 1 saturated carbocycles. The maximum Gasteiger partial charge on any atom is 0.0719 e. The number of rotatable bonds is 1. The molecule has 1 aliphatic carbocycles. The largest absolute Gasteiger partial charge is 0.305 e. The first kappa shape index (κ1) is 10.5. The smallest absolute Gasteiger partial charge is 0.0719 e. The van der Waals surface area contributed by atoms with E-state index in [4.69, 9.17) is 5.10 Å². The molecule has 0 atom stereocenters. The molecule has 0 aromatic carbocycles. The standard InChI is InChI=1S/C14H18N4/c1-10-12-7-15-4-3-13(12)18(16-10)11-5-14(6-11)8-17(2)9-14/h3-4,7,11H,5-6,8-9H2,1-2H3. The lowest BCUT2D eigenvalue weighted by atomic mass is 9.61. The van der Waals surface area contributed by atoms with Gasteiger partial charge in [0.2, 0.25) is 0 Å². The fourth-order valence-corrected chi connectivity index (χ4v) is 3.88. The van der Waals surface area contributed by atoms with Crippen molar-refractivity contribution in [1.82, 2.24) is 19.7 Å². The van der Waals surface area contributed by atoms with Crippen LogP contribution < -0.4 is 0 Å². The molecule has 0 amide bonds. The van der Waals surface area contributed by atoms with Gasteiger partial charge in [-0.05, 0) is 38.3 Å². The Morgan fingerprint density at radius 2 is 2.11 bits per heavy atom. The van der Waals surface area contributed by atoms with E-state index in [1.165, 1.54) is 36.8 Å². The number of likely N-dealkylation sites (tertiary alicyclic amines) is 1. The summed E-state index contributed by atoms with van der Waals surface area (Å²) in [6.07, 6.45) is 6.37. The predicted molar refractivity (Wildman–Crippen MR) is 70.5 cm³/mol. The molecule has 1 aliphatic heterocycles. The fraction of sp³-hybridized carbons (Fsp3) is 0.571. The molecule has 18 heavy (non-hydrogen) atoms. The highest BCUT2D eigenvalue weighted by molar-refractivity contribution is 5.80. The van der Waals surface area contributed by atoms with Crippen LogP contribution in [-0.2, 0) is 0 Å². The number of pyridine rings is 1. The van der Waals surface area contributed by atoms with Gasteiger partial charge in [-0.15, -0.1) is 0 Å². The van der Waals surface area contributed by atoms with Crippen molar-refractivity contribution in [2.24, 2.45) is 5.41 Å². The molecule has 2 aliphatic rings. The molecule has 3 heterocycles. The molecule has 1 spiro atoms. The summed E-state index contributed by atoms with van der Waals surface area (Å²) in [5, 5.41) is 5.92. The summed E-state index contributed by atoms with van der Waals surface area (Å²) in [6, 6.07) is 2.69. The van der Waals surface area contributed by atoms with Crippen molar-refractivity contribution < 1.29 is 0 Å². The second kappa shape index (κ2) is 3.32. The van der Waals surface area contributed by atoms with Gasteiger partial charge in [-0.1, -0.05) is 0 Å². The van der Waals surface area contributed by atoms with Gasteiger partial charge in [0.15, 0.2) is 0 Å². The summed E-state index contributed by atoms with van der Waals surface area (Å²) < 4.78 is 2.23. The Balaban J connectivity index is 1.65. The highest BCUT2D eigenvalue weighted by atomic mass is 15.3. The number of aromatic nitrogens is 3. The number of hydrogen-bond donors (Lipinski definition) is 0. The van der Waals surface area contributed by atoms with Crippen LogP contribution in [0.4, 0.5) is 0 Å². The Kier molecular flexibility index (Phi) is 1.94. The zero-order chi connectivity index (χ0) is 12.3. The van der Waals surface area contributed by atoms with Gasteiger partial charge in [0.25, 0.3) is 0 Å². The minimum absolute atomic E-state index is 0.595. The third-order valence-corrected chi connectivity index (χ3v) is 4.59. The van der Waals surface area contributed by atoms with Crippen LogP contribution in [0.5, 0.6) is 0 Å². The first-order valence-corrected chi connectivity index (χ1v) is 6.64. The van der Waals surface area contributed by atoms with Gasteiger partial charge in [-0.25, -0.2) is 0 Å². The summed E-state index contributed by atoms with van der Waals surface area (Å²) in [7, 11) is 2.21. The summed E-state index contributed by atoms with van der Waals surface area (Å²) >= 11 is 0. The van der Waals surface area contributed by atoms with E-state index in [9.17, 15) is 0 Å². The zero-order valence-corrected chi connectivity index (χ0v) is 10.9. The van der Waals surface area contributed by atoms with Crippen molar-refractivity contribution in [3.63, 3.8) is 0 Å². The molecular formula is C14H18N4.